The minimum absolute atomic E-state index is 0.123. The van der Waals surface area contributed by atoms with Crippen LogP contribution in [-0.4, -0.2) is 38.5 Å². The number of anilines is 2. The van der Waals surface area contributed by atoms with E-state index in [2.05, 4.69) is 0 Å². The third-order valence-corrected chi connectivity index (χ3v) is 2.66. The van der Waals surface area contributed by atoms with Gasteiger partial charge in [-0.05, 0) is 18.2 Å². The number of rotatable bonds is 4. The molecule has 2 N–H and O–H groups in total. The molecule has 0 radical (unpaired) electrons. The van der Waals surface area contributed by atoms with Crippen molar-refractivity contribution in [3.8, 4) is 6.07 Å². The van der Waals surface area contributed by atoms with Crippen molar-refractivity contribution in [2.45, 2.75) is 6.42 Å². The molecule has 0 bridgehead atoms. The van der Waals surface area contributed by atoms with Crippen LogP contribution in [0.2, 0.25) is 0 Å². The van der Waals surface area contributed by atoms with Gasteiger partial charge in [-0.25, -0.2) is 0 Å². The number of hydrogen-bond donors (Lipinski definition) is 1. The van der Waals surface area contributed by atoms with Crippen molar-refractivity contribution in [2.75, 3.05) is 38.3 Å². The van der Waals surface area contributed by atoms with Gasteiger partial charge < -0.3 is 15.5 Å². The summed E-state index contributed by atoms with van der Waals surface area (Å²) in [6.07, 6.45) is 0.327. The van der Waals surface area contributed by atoms with E-state index in [1.165, 1.54) is 4.90 Å². The lowest BCUT2D eigenvalue weighted by atomic mass is 10.1. The molecule has 1 aromatic carbocycles. The van der Waals surface area contributed by atoms with Gasteiger partial charge in [0, 0.05) is 33.3 Å². The van der Waals surface area contributed by atoms with Gasteiger partial charge in [-0.2, -0.15) is 5.26 Å². The van der Waals surface area contributed by atoms with E-state index in [-0.39, 0.29) is 5.91 Å². The summed E-state index contributed by atoms with van der Waals surface area (Å²) in [5.41, 5.74) is 7.89. The van der Waals surface area contributed by atoms with Crippen molar-refractivity contribution in [3.63, 3.8) is 0 Å². The van der Waals surface area contributed by atoms with Crippen LogP contribution in [0, 0.1) is 11.3 Å². The second-order valence-corrected chi connectivity index (χ2v) is 4.30. The Morgan fingerprint density at radius 2 is 2.06 bits per heavy atom. The molecule has 96 valence electrons. The minimum Gasteiger partial charge on any atom is -0.397 e. The molecule has 1 amide bonds. The molecule has 5 heteroatoms. The van der Waals surface area contributed by atoms with Crippen molar-refractivity contribution in [1.82, 2.24) is 4.90 Å². The first-order valence-electron chi connectivity index (χ1n) is 5.66. The maximum Gasteiger partial charge on any atom is 0.253 e. The molecule has 0 aliphatic heterocycles. The van der Waals surface area contributed by atoms with Gasteiger partial charge in [0.2, 0.25) is 0 Å². The maximum absolute atomic E-state index is 12.0. The smallest absolute Gasteiger partial charge is 0.253 e. The zero-order valence-electron chi connectivity index (χ0n) is 11.0. The predicted octanol–water partition coefficient (Wildman–Crippen LogP) is 1.32. The number of hydrogen-bond acceptors (Lipinski definition) is 4. The van der Waals surface area contributed by atoms with E-state index in [9.17, 15) is 4.79 Å². The van der Waals surface area contributed by atoms with Crippen molar-refractivity contribution >= 4 is 17.3 Å². The summed E-state index contributed by atoms with van der Waals surface area (Å²) in [4.78, 5) is 15.4. The largest absolute Gasteiger partial charge is 0.397 e. The molecule has 18 heavy (non-hydrogen) atoms. The number of nitrogens with two attached hydrogens (primary N) is 1. The van der Waals surface area contributed by atoms with E-state index in [4.69, 9.17) is 11.0 Å². The summed E-state index contributed by atoms with van der Waals surface area (Å²) in [6.45, 7) is 0.421. The fourth-order valence-electron chi connectivity index (χ4n) is 1.63. The van der Waals surface area contributed by atoms with Crippen LogP contribution in [0.15, 0.2) is 18.2 Å². The Bertz CT molecular complexity index is 476. The molecule has 0 saturated carbocycles. The zero-order chi connectivity index (χ0) is 13.7. The molecule has 0 aliphatic carbocycles. The lowest BCUT2D eigenvalue weighted by Crippen LogP contribution is -2.27. The highest BCUT2D eigenvalue weighted by Crippen LogP contribution is 2.22. The fourth-order valence-corrected chi connectivity index (χ4v) is 1.63. The predicted molar refractivity (Wildman–Crippen MR) is 72.4 cm³/mol. The van der Waals surface area contributed by atoms with E-state index in [1.54, 1.807) is 19.2 Å². The first-order valence-corrected chi connectivity index (χ1v) is 5.66. The number of amides is 1. The third kappa shape index (κ3) is 3.14. The van der Waals surface area contributed by atoms with Crippen LogP contribution in [0.4, 0.5) is 11.4 Å². The summed E-state index contributed by atoms with van der Waals surface area (Å²) in [7, 11) is 5.47. The molecule has 5 nitrogen and oxygen atoms in total. The first kappa shape index (κ1) is 13.8. The summed E-state index contributed by atoms with van der Waals surface area (Å²) in [5, 5.41) is 8.50. The van der Waals surface area contributed by atoms with Gasteiger partial charge in [-0.15, -0.1) is 0 Å². The zero-order valence-corrected chi connectivity index (χ0v) is 11.0. The molecule has 0 heterocycles. The number of carbonyl (C=O) groups is 1. The van der Waals surface area contributed by atoms with E-state index < -0.39 is 0 Å². The average Bonchev–Trinajstić information content (AvgIpc) is 2.34. The van der Waals surface area contributed by atoms with Gasteiger partial charge >= 0.3 is 0 Å². The normalized spacial score (nSPS) is 9.67. The van der Waals surface area contributed by atoms with Crippen LogP contribution in [0.3, 0.4) is 0 Å². The summed E-state index contributed by atoms with van der Waals surface area (Å²) < 4.78 is 0. The van der Waals surface area contributed by atoms with Crippen LogP contribution in [0.25, 0.3) is 0 Å². The van der Waals surface area contributed by atoms with Crippen molar-refractivity contribution < 1.29 is 4.79 Å². The molecule has 1 aromatic rings. The molecule has 0 aliphatic rings. The number of nitriles is 1. The van der Waals surface area contributed by atoms with Gasteiger partial charge in [-0.3, -0.25) is 4.79 Å². The Hall–Kier alpha value is -2.22. The fraction of sp³-hybridized carbons (Fsp3) is 0.385. The van der Waals surface area contributed by atoms with Gasteiger partial charge in [-0.1, -0.05) is 0 Å². The topological polar surface area (TPSA) is 73.4 Å². The highest BCUT2D eigenvalue weighted by Gasteiger charge is 2.13. The lowest BCUT2D eigenvalue weighted by molar-refractivity contribution is 0.0798. The number of nitrogens with zero attached hydrogens (tertiary/aromatic N) is 3. The monoisotopic (exact) mass is 246 g/mol. The Labute approximate surface area is 107 Å². The standard InChI is InChI=1S/C13H18N4O/c1-16(2)12-6-5-10(9-11(12)15)13(18)17(3)8-4-7-14/h5-6,9H,4,8,15H2,1-3H3. The number of carbonyl (C=O) groups excluding carboxylic acids is 1. The summed E-state index contributed by atoms with van der Waals surface area (Å²) in [6, 6.07) is 7.25. The van der Waals surface area contributed by atoms with Crippen LogP contribution < -0.4 is 10.6 Å². The SMILES string of the molecule is CN(CCC#N)C(=O)c1ccc(N(C)C)c(N)c1. The Kier molecular flexibility index (Phi) is 4.55. The van der Waals surface area contributed by atoms with Crippen LogP contribution in [0.5, 0.6) is 0 Å². The second kappa shape index (κ2) is 5.92. The number of benzene rings is 1. The van der Waals surface area contributed by atoms with E-state index in [0.717, 1.165) is 5.69 Å². The number of nitrogen functional groups attached to an aromatic ring is 1. The third-order valence-electron chi connectivity index (χ3n) is 2.66. The van der Waals surface area contributed by atoms with Crippen molar-refractivity contribution in [1.29, 1.82) is 5.26 Å². The molecule has 0 spiro atoms. The van der Waals surface area contributed by atoms with Gasteiger partial charge in [0.25, 0.3) is 5.91 Å². The van der Waals surface area contributed by atoms with E-state index in [1.807, 2.05) is 31.1 Å². The highest BCUT2D eigenvalue weighted by molar-refractivity contribution is 5.96. The van der Waals surface area contributed by atoms with E-state index in [0.29, 0.717) is 24.2 Å². The minimum atomic E-state index is -0.123. The van der Waals surface area contributed by atoms with Crippen molar-refractivity contribution in [2.24, 2.45) is 0 Å². The second-order valence-electron chi connectivity index (χ2n) is 4.30. The summed E-state index contributed by atoms with van der Waals surface area (Å²) in [5.74, 6) is -0.123. The molecular weight excluding hydrogens is 228 g/mol. The summed E-state index contributed by atoms with van der Waals surface area (Å²) >= 11 is 0. The van der Waals surface area contributed by atoms with E-state index >= 15 is 0 Å². The lowest BCUT2D eigenvalue weighted by Gasteiger charge is -2.18. The van der Waals surface area contributed by atoms with Crippen LogP contribution in [-0.2, 0) is 0 Å². The van der Waals surface area contributed by atoms with Gasteiger partial charge in [0.05, 0.1) is 23.9 Å². The molecule has 0 aromatic heterocycles. The molecule has 0 fully saturated rings. The van der Waals surface area contributed by atoms with Gasteiger partial charge in [0.1, 0.15) is 0 Å². The molecule has 1 rings (SSSR count). The van der Waals surface area contributed by atoms with Gasteiger partial charge in [0.15, 0.2) is 0 Å². The Balaban J connectivity index is 2.88. The molecular formula is C13H18N4O. The molecule has 0 saturated heterocycles. The highest BCUT2D eigenvalue weighted by atomic mass is 16.2. The Morgan fingerprint density at radius 1 is 1.39 bits per heavy atom. The molecule has 0 atom stereocenters. The van der Waals surface area contributed by atoms with Crippen LogP contribution in [0.1, 0.15) is 16.8 Å². The quantitative estimate of drug-likeness (QED) is 0.813. The van der Waals surface area contributed by atoms with Crippen molar-refractivity contribution in [3.05, 3.63) is 23.8 Å². The molecule has 0 unspecified atom stereocenters. The van der Waals surface area contributed by atoms with Crippen LogP contribution >= 0.6 is 0 Å². The first-order chi connectivity index (χ1) is 8.47. The Morgan fingerprint density at radius 3 is 2.56 bits per heavy atom. The maximum atomic E-state index is 12.0. The average molecular weight is 246 g/mol.